The topological polar surface area (TPSA) is 26.0 Å². The Kier molecular flexibility index (Phi) is 1.95. The molecule has 0 aliphatic heterocycles. The van der Waals surface area contributed by atoms with Crippen molar-refractivity contribution in [2.75, 3.05) is 0 Å². The van der Waals surface area contributed by atoms with E-state index in [0.717, 1.165) is 12.8 Å². The molecule has 0 aromatic rings. The van der Waals surface area contributed by atoms with Crippen molar-refractivity contribution in [1.29, 1.82) is 0 Å². The first-order chi connectivity index (χ1) is 4.67. The second kappa shape index (κ2) is 2.59. The predicted molar refractivity (Wildman–Crippen MR) is 44.7 cm³/mol. The summed E-state index contributed by atoms with van der Waals surface area (Å²) in [6, 6.07) is 0. The van der Waals surface area contributed by atoms with E-state index < -0.39 is 0 Å². The van der Waals surface area contributed by atoms with E-state index in [1.54, 1.807) is 0 Å². The molecule has 1 aliphatic rings. The first-order valence-corrected chi connectivity index (χ1v) is 3.83. The molecule has 0 amide bonds. The van der Waals surface area contributed by atoms with Crippen LogP contribution >= 0.6 is 0 Å². The Labute approximate surface area is 62.6 Å². The highest BCUT2D eigenvalue weighted by Crippen LogP contribution is 2.22. The van der Waals surface area contributed by atoms with Crippen LogP contribution in [0.3, 0.4) is 0 Å². The van der Waals surface area contributed by atoms with Crippen molar-refractivity contribution in [2.45, 2.75) is 32.2 Å². The third-order valence-electron chi connectivity index (χ3n) is 2.17. The zero-order valence-corrected chi connectivity index (χ0v) is 6.72. The van der Waals surface area contributed by atoms with Crippen molar-refractivity contribution in [2.24, 2.45) is 5.73 Å². The summed E-state index contributed by atoms with van der Waals surface area (Å²) in [5.74, 6) is 0. The minimum Gasteiger partial charge on any atom is -0.322 e. The molecule has 0 aromatic carbocycles. The molecule has 0 bridgehead atoms. The number of hydrogen-bond donors (Lipinski definition) is 1. The first kappa shape index (κ1) is 7.55. The van der Waals surface area contributed by atoms with E-state index in [2.05, 4.69) is 32.1 Å². The standard InChI is InChI=1S/C9H15N/c1-3-9(2,10)8-6-4-5-7-8/h4,6-7H,3,5,10H2,1-2H3. The molecule has 56 valence electrons. The highest BCUT2D eigenvalue weighted by atomic mass is 14.7. The Morgan fingerprint density at radius 3 is 2.80 bits per heavy atom. The molecule has 10 heavy (non-hydrogen) atoms. The molecule has 1 aliphatic carbocycles. The fraction of sp³-hybridized carbons (Fsp3) is 0.556. The van der Waals surface area contributed by atoms with E-state index in [1.807, 2.05) is 0 Å². The zero-order valence-electron chi connectivity index (χ0n) is 6.72. The minimum absolute atomic E-state index is 0.104. The lowest BCUT2D eigenvalue weighted by Gasteiger charge is -2.22. The van der Waals surface area contributed by atoms with Crippen molar-refractivity contribution in [3.63, 3.8) is 0 Å². The summed E-state index contributed by atoms with van der Waals surface area (Å²) in [5, 5.41) is 0. The van der Waals surface area contributed by atoms with E-state index in [9.17, 15) is 0 Å². The van der Waals surface area contributed by atoms with Gasteiger partial charge in [0.2, 0.25) is 0 Å². The van der Waals surface area contributed by atoms with Gasteiger partial charge in [0.1, 0.15) is 0 Å². The summed E-state index contributed by atoms with van der Waals surface area (Å²) in [7, 11) is 0. The second-order valence-corrected chi connectivity index (χ2v) is 3.07. The van der Waals surface area contributed by atoms with Crippen LogP contribution in [0.5, 0.6) is 0 Å². The van der Waals surface area contributed by atoms with Crippen molar-refractivity contribution < 1.29 is 0 Å². The molecule has 1 heteroatoms. The fourth-order valence-corrected chi connectivity index (χ4v) is 1.09. The van der Waals surface area contributed by atoms with Crippen LogP contribution in [0.1, 0.15) is 26.7 Å². The molecule has 1 rings (SSSR count). The Bertz CT molecular complexity index is 175. The van der Waals surface area contributed by atoms with Crippen LogP contribution in [0.2, 0.25) is 0 Å². The van der Waals surface area contributed by atoms with Gasteiger partial charge < -0.3 is 5.73 Å². The smallest absolute Gasteiger partial charge is 0.0375 e. The van der Waals surface area contributed by atoms with Gasteiger partial charge in [-0.1, -0.05) is 25.2 Å². The summed E-state index contributed by atoms with van der Waals surface area (Å²) in [5.41, 5.74) is 7.18. The fourth-order valence-electron chi connectivity index (χ4n) is 1.09. The molecule has 1 atom stereocenters. The first-order valence-electron chi connectivity index (χ1n) is 3.83. The number of nitrogens with two attached hydrogens (primary N) is 1. The van der Waals surface area contributed by atoms with E-state index in [1.165, 1.54) is 5.57 Å². The van der Waals surface area contributed by atoms with E-state index in [0.29, 0.717) is 0 Å². The van der Waals surface area contributed by atoms with Crippen LogP contribution < -0.4 is 5.73 Å². The van der Waals surface area contributed by atoms with Crippen LogP contribution in [0, 0.1) is 0 Å². The highest BCUT2D eigenvalue weighted by Gasteiger charge is 2.20. The number of rotatable bonds is 2. The number of allylic oxidation sites excluding steroid dienone is 2. The van der Waals surface area contributed by atoms with E-state index in [-0.39, 0.29) is 5.54 Å². The van der Waals surface area contributed by atoms with E-state index >= 15 is 0 Å². The minimum atomic E-state index is -0.104. The van der Waals surface area contributed by atoms with Crippen LogP contribution in [0.15, 0.2) is 23.8 Å². The molecular formula is C9H15N. The highest BCUT2D eigenvalue weighted by molar-refractivity contribution is 5.34. The Morgan fingerprint density at radius 2 is 2.40 bits per heavy atom. The molecule has 0 heterocycles. The summed E-state index contributed by atoms with van der Waals surface area (Å²) in [6.45, 7) is 4.20. The molecule has 0 saturated carbocycles. The van der Waals surface area contributed by atoms with Gasteiger partial charge in [-0.25, -0.2) is 0 Å². The predicted octanol–water partition coefficient (Wildman–Crippen LogP) is 2.00. The molecular weight excluding hydrogens is 122 g/mol. The quantitative estimate of drug-likeness (QED) is 0.619. The van der Waals surface area contributed by atoms with Gasteiger partial charge in [-0.05, 0) is 25.3 Å². The van der Waals surface area contributed by atoms with Gasteiger partial charge in [0, 0.05) is 5.54 Å². The molecule has 0 spiro atoms. The monoisotopic (exact) mass is 137 g/mol. The molecule has 0 fully saturated rings. The van der Waals surface area contributed by atoms with Crippen molar-refractivity contribution in [3.8, 4) is 0 Å². The van der Waals surface area contributed by atoms with Crippen LogP contribution in [0.4, 0.5) is 0 Å². The Morgan fingerprint density at radius 1 is 1.70 bits per heavy atom. The molecule has 0 aromatic heterocycles. The zero-order chi connectivity index (χ0) is 7.61. The average Bonchev–Trinajstić information content (AvgIpc) is 2.38. The summed E-state index contributed by atoms with van der Waals surface area (Å²) < 4.78 is 0. The SMILES string of the molecule is CCC(C)(N)C1=CCC=C1. The van der Waals surface area contributed by atoms with E-state index in [4.69, 9.17) is 5.73 Å². The maximum absolute atomic E-state index is 6.00. The average molecular weight is 137 g/mol. The summed E-state index contributed by atoms with van der Waals surface area (Å²) in [6.07, 6.45) is 8.54. The largest absolute Gasteiger partial charge is 0.322 e. The van der Waals surface area contributed by atoms with Gasteiger partial charge in [-0.3, -0.25) is 0 Å². The third kappa shape index (κ3) is 1.29. The lowest BCUT2D eigenvalue weighted by molar-refractivity contribution is 0.542. The third-order valence-corrected chi connectivity index (χ3v) is 2.17. The molecule has 0 radical (unpaired) electrons. The van der Waals surface area contributed by atoms with Crippen molar-refractivity contribution >= 4 is 0 Å². The lowest BCUT2D eigenvalue weighted by atomic mass is 9.91. The van der Waals surface area contributed by atoms with Gasteiger partial charge in [0.15, 0.2) is 0 Å². The van der Waals surface area contributed by atoms with Gasteiger partial charge in [-0.15, -0.1) is 0 Å². The molecule has 2 N–H and O–H groups in total. The van der Waals surface area contributed by atoms with Crippen LogP contribution in [-0.4, -0.2) is 5.54 Å². The van der Waals surface area contributed by atoms with Gasteiger partial charge in [0.25, 0.3) is 0 Å². The Balaban J connectivity index is 2.72. The lowest BCUT2D eigenvalue weighted by Crippen LogP contribution is -2.36. The Hall–Kier alpha value is -0.560. The van der Waals surface area contributed by atoms with Gasteiger partial charge in [0.05, 0.1) is 0 Å². The van der Waals surface area contributed by atoms with Crippen molar-refractivity contribution in [1.82, 2.24) is 0 Å². The molecule has 1 unspecified atom stereocenters. The maximum atomic E-state index is 6.00. The van der Waals surface area contributed by atoms with Crippen molar-refractivity contribution in [3.05, 3.63) is 23.8 Å². The van der Waals surface area contributed by atoms with Gasteiger partial charge >= 0.3 is 0 Å². The molecule has 1 nitrogen and oxygen atoms in total. The molecule has 0 saturated heterocycles. The second-order valence-electron chi connectivity index (χ2n) is 3.07. The number of hydrogen-bond acceptors (Lipinski definition) is 1. The van der Waals surface area contributed by atoms with Crippen LogP contribution in [-0.2, 0) is 0 Å². The van der Waals surface area contributed by atoms with Crippen LogP contribution in [0.25, 0.3) is 0 Å². The van der Waals surface area contributed by atoms with Gasteiger partial charge in [-0.2, -0.15) is 0 Å². The normalized spacial score (nSPS) is 22.5. The summed E-state index contributed by atoms with van der Waals surface area (Å²) in [4.78, 5) is 0. The maximum Gasteiger partial charge on any atom is 0.0375 e. The summed E-state index contributed by atoms with van der Waals surface area (Å²) >= 11 is 0.